The summed E-state index contributed by atoms with van der Waals surface area (Å²) in [5, 5.41) is 0. The summed E-state index contributed by atoms with van der Waals surface area (Å²) >= 11 is 0. The SMILES string of the molecule is COc1ccccc1C(=O)NNC(=O)c1cccc(Oc2ccncc2)c1. The number of ether oxygens (including phenoxy) is 2. The molecule has 0 fully saturated rings. The molecule has 0 radical (unpaired) electrons. The van der Waals surface area contributed by atoms with Crippen LogP contribution in [0.15, 0.2) is 73.1 Å². The van der Waals surface area contributed by atoms with Crippen molar-refractivity contribution < 1.29 is 19.1 Å². The first-order valence-corrected chi connectivity index (χ1v) is 8.09. The van der Waals surface area contributed by atoms with Crippen molar-refractivity contribution in [2.75, 3.05) is 7.11 Å². The quantitative estimate of drug-likeness (QED) is 0.680. The number of carbonyl (C=O) groups is 2. The summed E-state index contributed by atoms with van der Waals surface area (Å²) in [4.78, 5) is 28.5. The molecule has 0 saturated carbocycles. The molecular weight excluding hydrogens is 346 g/mol. The van der Waals surface area contributed by atoms with E-state index in [1.54, 1.807) is 73.1 Å². The molecule has 136 valence electrons. The molecule has 0 atom stereocenters. The van der Waals surface area contributed by atoms with E-state index in [9.17, 15) is 9.59 Å². The molecule has 0 aliphatic carbocycles. The lowest BCUT2D eigenvalue weighted by Crippen LogP contribution is -2.41. The molecule has 0 bridgehead atoms. The van der Waals surface area contributed by atoms with Crippen molar-refractivity contribution in [1.82, 2.24) is 15.8 Å². The summed E-state index contributed by atoms with van der Waals surface area (Å²) in [6.07, 6.45) is 3.22. The van der Waals surface area contributed by atoms with Crippen LogP contribution in [-0.4, -0.2) is 23.9 Å². The number of pyridine rings is 1. The number of methoxy groups -OCH3 is 1. The fraction of sp³-hybridized carbons (Fsp3) is 0.0500. The Labute approximate surface area is 155 Å². The maximum Gasteiger partial charge on any atom is 0.273 e. The van der Waals surface area contributed by atoms with Crippen molar-refractivity contribution in [3.8, 4) is 17.2 Å². The van der Waals surface area contributed by atoms with Crippen molar-refractivity contribution in [3.63, 3.8) is 0 Å². The van der Waals surface area contributed by atoms with E-state index >= 15 is 0 Å². The second kappa shape index (κ2) is 8.48. The Morgan fingerprint density at radius 1 is 0.852 bits per heavy atom. The van der Waals surface area contributed by atoms with Gasteiger partial charge in [0.25, 0.3) is 11.8 Å². The third-order valence-corrected chi connectivity index (χ3v) is 3.62. The van der Waals surface area contributed by atoms with Crippen LogP contribution in [0.3, 0.4) is 0 Å². The van der Waals surface area contributed by atoms with Crippen LogP contribution in [0.5, 0.6) is 17.2 Å². The Kier molecular flexibility index (Phi) is 5.64. The van der Waals surface area contributed by atoms with Gasteiger partial charge in [0.15, 0.2) is 0 Å². The molecule has 0 aliphatic heterocycles. The summed E-state index contributed by atoms with van der Waals surface area (Å²) in [5.74, 6) is 0.553. The van der Waals surface area contributed by atoms with Gasteiger partial charge in [0, 0.05) is 18.0 Å². The molecule has 0 unspecified atom stereocenters. The zero-order valence-electron chi connectivity index (χ0n) is 14.5. The van der Waals surface area contributed by atoms with Gasteiger partial charge in [-0.1, -0.05) is 18.2 Å². The molecule has 7 nitrogen and oxygen atoms in total. The Bertz CT molecular complexity index is 945. The number of hydrazine groups is 1. The molecule has 2 aromatic carbocycles. The average Bonchev–Trinajstić information content (AvgIpc) is 2.72. The predicted molar refractivity (Wildman–Crippen MR) is 98.7 cm³/mol. The van der Waals surface area contributed by atoms with E-state index in [1.165, 1.54) is 7.11 Å². The molecule has 0 aliphatic rings. The third kappa shape index (κ3) is 4.60. The van der Waals surface area contributed by atoms with Crippen LogP contribution >= 0.6 is 0 Å². The first-order valence-electron chi connectivity index (χ1n) is 8.09. The van der Waals surface area contributed by atoms with E-state index in [0.29, 0.717) is 28.4 Å². The highest BCUT2D eigenvalue weighted by atomic mass is 16.5. The summed E-state index contributed by atoms with van der Waals surface area (Å²) in [6, 6.07) is 16.7. The van der Waals surface area contributed by atoms with E-state index in [-0.39, 0.29) is 0 Å². The lowest BCUT2D eigenvalue weighted by molar-refractivity contribution is 0.0845. The summed E-state index contributed by atoms with van der Waals surface area (Å²) in [5.41, 5.74) is 5.40. The molecule has 2 amide bonds. The Morgan fingerprint density at radius 2 is 1.59 bits per heavy atom. The molecule has 3 rings (SSSR count). The van der Waals surface area contributed by atoms with E-state index in [0.717, 1.165) is 0 Å². The summed E-state index contributed by atoms with van der Waals surface area (Å²) in [6.45, 7) is 0. The second-order valence-electron chi connectivity index (χ2n) is 5.42. The normalized spacial score (nSPS) is 9.96. The first kappa shape index (κ1) is 17.9. The van der Waals surface area contributed by atoms with Crippen LogP contribution in [-0.2, 0) is 0 Å². The minimum Gasteiger partial charge on any atom is -0.496 e. The average molecular weight is 363 g/mol. The van der Waals surface area contributed by atoms with Crippen LogP contribution < -0.4 is 20.3 Å². The highest BCUT2D eigenvalue weighted by molar-refractivity contribution is 6.00. The molecule has 0 spiro atoms. The topological polar surface area (TPSA) is 89.6 Å². The maximum absolute atomic E-state index is 12.3. The monoisotopic (exact) mass is 363 g/mol. The number of hydrogen-bond donors (Lipinski definition) is 2. The number of para-hydroxylation sites is 1. The lowest BCUT2D eigenvalue weighted by atomic mass is 10.2. The van der Waals surface area contributed by atoms with Gasteiger partial charge in [-0.05, 0) is 42.5 Å². The Hall–Kier alpha value is -3.87. The number of amides is 2. The molecule has 1 heterocycles. The van der Waals surface area contributed by atoms with Crippen LogP contribution in [0.1, 0.15) is 20.7 Å². The largest absolute Gasteiger partial charge is 0.496 e. The van der Waals surface area contributed by atoms with Gasteiger partial charge < -0.3 is 9.47 Å². The van der Waals surface area contributed by atoms with Gasteiger partial charge in [-0.15, -0.1) is 0 Å². The number of aromatic nitrogens is 1. The smallest absolute Gasteiger partial charge is 0.273 e. The van der Waals surface area contributed by atoms with Crippen molar-refractivity contribution >= 4 is 11.8 Å². The molecule has 0 saturated heterocycles. The fourth-order valence-corrected chi connectivity index (χ4v) is 2.33. The van der Waals surface area contributed by atoms with Crippen LogP contribution in [0.4, 0.5) is 0 Å². The number of rotatable bonds is 5. The molecular formula is C20H17N3O4. The van der Waals surface area contributed by atoms with Gasteiger partial charge >= 0.3 is 0 Å². The highest BCUT2D eigenvalue weighted by Crippen LogP contribution is 2.21. The van der Waals surface area contributed by atoms with Gasteiger partial charge in [0.1, 0.15) is 17.2 Å². The number of hydrogen-bond acceptors (Lipinski definition) is 5. The maximum atomic E-state index is 12.3. The minimum atomic E-state index is -0.481. The molecule has 3 aromatic rings. The van der Waals surface area contributed by atoms with Crippen LogP contribution in [0.25, 0.3) is 0 Å². The van der Waals surface area contributed by atoms with Crippen molar-refractivity contribution in [3.05, 3.63) is 84.2 Å². The van der Waals surface area contributed by atoms with E-state index < -0.39 is 11.8 Å². The van der Waals surface area contributed by atoms with Crippen LogP contribution in [0, 0.1) is 0 Å². The minimum absolute atomic E-state index is 0.315. The van der Waals surface area contributed by atoms with Gasteiger partial charge in [0.2, 0.25) is 0 Å². The van der Waals surface area contributed by atoms with E-state index in [1.807, 2.05) is 0 Å². The van der Waals surface area contributed by atoms with Crippen molar-refractivity contribution in [1.29, 1.82) is 0 Å². The third-order valence-electron chi connectivity index (χ3n) is 3.62. The molecule has 27 heavy (non-hydrogen) atoms. The summed E-state index contributed by atoms with van der Waals surface area (Å²) in [7, 11) is 1.47. The van der Waals surface area contributed by atoms with Gasteiger partial charge in [0.05, 0.1) is 12.7 Å². The van der Waals surface area contributed by atoms with Gasteiger partial charge in [-0.25, -0.2) is 0 Å². The Balaban J connectivity index is 1.64. The van der Waals surface area contributed by atoms with E-state index in [2.05, 4.69) is 15.8 Å². The summed E-state index contributed by atoms with van der Waals surface area (Å²) < 4.78 is 10.8. The van der Waals surface area contributed by atoms with Gasteiger partial charge in [-0.2, -0.15) is 0 Å². The zero-order valence-corrected chi connectivity index (χ0v) is 14.5. The number of nitrogens with zero attached hydrogens (tertiary/aromatic N) is 1. The van der Waals surface area contributed by atoms with E-state index in [4.69, 9.17) is 9.47 Å². The fourth-order valence-electron chi connectivity index (χ4n) is 2.33. The zero-order chi connectivity index (χ0) is 19.1. The molecule has 2 N–H and O–H groups in total. The number of carbonyl (C=O) groups excluding carboxylic acids is 2. The van der Waals surface area contributed by atoms with Gasteiger partial charge in [-0.3, -0.25) is 25.4 Å². The first-order chi connectivity index (χ1) is 13.2. The van der Waals surface area contributed by atoms with Crippen molar-refractivity contribution in [2.45, 2.75) is 0 Å². The van der Waals surface area contributed by atoms with Crippen LogP contribution in [0.2, 0.25) is 0 Å². The molecule has 7 heteroatoms. The lowest BCUT2D eigenvalue weighted by Gasteiger charge is -2.11. The highest BCUT2D eigenvalue weighted by Gasteiger charge is 2.13. The standard InChI is InChI=1S/C20H17N3O4/c1-26-18-8-3-2-7-17(18)20(25)23-22-19(24)14-5-4-6-16(13-14)27-15-9-11-21-12-10-15/h2-13H,1H3,(H,22,24)(H,23,25). The predicted octanol–water partition coefficient (Wildman–Crippen LogP) is 2.96. The second-order valence-corrected chi connectivity index (χ2v) is 5.42. The van der Waals surface area contributed by atoms with Crippen molar-refractivity contribution in [2.24, 2.45) is 0 Å². The Morgan fingerprint density at radius 3 is 2.37 bits per heavy atom. The number of nitrogens with one attached hydrogen (secondary N) is 2. The molecule has 1 aromatic heterocycles. The number of benzene rings is 2.